The number of carboxylic acids is 1. The summed E-state index contributed by atoms with van der Waals surface area (Å²) in [5.41, 5.74) is 0. The average molecular weight is 228 g/mol. The van der Waals surface area contributed by atoms with E-state index in [1.165, 1.54) is 0 Å². The van der Waals surface area contributed by atoms with Crippen LogP contribution in [-0.2, 0) is 16.0 Å². The summed E-state index contributed by atoms with van der Waals surface area (Å²) in [5, 5.41) is 12.6. The Kier molecular flexibility index (Phi) is 4.42. The van der Waals surface area contributed by atoms with Crippen LogP contribution in [0.15, 0.2) is 4.52 Å². The van der Waals surface area contributed by atoms with Crippen molar-refractivity contribution in [3.05, 3.63) is 11.7 Å². The number of rotatable bonds is 6. The fraction of sp³-hybridized carbons (Fsp3) is 0.700. The van der Waals surface area contributed by atoms with Crippen LogP contribution in [0.1, 0.15) is 31.5 Å². The molecule has 0 saturated heterocycles. The molecule has 2 atom stereocenters. The predicted octanol–water partition coefficient (Wildman–Crippen LogP) is 1.08. The molecule has 0 saturated carbocycles. The Morgan fingerprint density at radius 3 is 2.81 bits per heavy atom. The van der Waals surface area contributed by atoms with Crippen LogP contribution in [0, 0.1) is 5.92 Å². The van der Waals surface area contributed by atoms with Gasteiger partial charge in [-0.15, -0.1) is 0 Å². The van der Waals surface area contributed by atoms with E-state index < -0.39 is 11.9 Å². The van der Waals surface area contributed by atoms with Gasteiger partial charge in [-0.2, -0.15) is 4.98 Å². The third kappa shape index (κ3) is 3.03. The van der Waals surface area contributed by atoms with Gasteiger partial charge in [-0.25, -0.2) is 0 Å². The van der Waals surface area contributed by atoms with Crippen LogP contribution in [0.3, 0.4) is 0 Å². The molecule has 0 aromatic carbocycles. The lowest BCUT2D eigenvalue weighted by atomic mass is 9.96. The van der Waals surface area contributed by atoms with Crippen molar-refractivity contribution in [2.75, 3.05) is 13.7 Å². The zero-order valence-electron chi connectivity index (χ0n) is 9.64. The van der Waals surface area contributed by atoms with Crippen molar-refractivity contribution in [3.8, 4) is 0 Å². The van der Waals surface area contributed by atoms with Crippen LogP contribution in [0.2, 0.25) is 0 Å². The molecule has 0 aliphatic heterocycles. The second kappa shape index (κ2) is 5.60. The van der Waals surface area contributed by atoms with Crippen LogP contribution in [0.4, 0.5) is 0 Å². The number of hydrogen-bond donors (Lipinski definition) is 1. The molecule has 6 heteroatoms. The van der Waals surface area contributed by atoms with Gasteiger partial charge >= 0.3 is 5.97 Å². The highest BCUT2D eigenvalue weighted by Gasteiger charge is 2.25. The Hall–Kier alpha value is -1.43. The molecule has 1 heterocycles. The van der Waals surface area contributed by atoms with Gasteiger partial charge in [-0.1, -0.05) is 19.0 Å². The molecule has 0 bridgehead atoms. The minimum absolute atomic E-state index is 0.290. The topological polar surface area (TPSA) is 85.5 Å². The maximum Gasteiger partial charge on any atom is 0.307 e. The van der Waals surface area contributed by atoms with Crippen molar-refractivity contribution in [1.29, 1.82) is 0 Å². The highest BCUT2D eigenvalue weighted by atomic mass is 16.5. The molecule has 0 radical (unpaired) electrons. The molecule has 0 amide bonds. The highest BCUT2D eigenvalue weighted by molar-refractivity contribution is 5.70. The third-order valence-electron chi connectivity index (χ3n) is 2.54. The fourth-order valence-electron chi connectivity index (χ4n) is 1.18. The number of nitrogens with zero attached hydrogens (tertiary/aromatic N) is 2. The number of hydrogen-bond acceptors (Lipinski definition) is 5. The monoisotopic (exact) mass is 228 g/mol. The molecule has 0 aliphatic rings. The quantitative estimate of drug-likeness (QED) is 0.784. The van der Waals surface area contributed by atoms with Crippen molar-refractivity contribution >= 4 is 5.97 Å². The van der Waals surface area contributed by atoms with E-state index in [1.807, 2.05) is 0 Å². The summed E-state index contributed by atoms with van der Waals surface area (Å²) in [6.45, 7) is 3.89. The first-order valence-corrected chi connectivity index (χ1v) is 5.10. The lowest BCUT2D eigenvalue weighted by molar-refractivity contribution is -0.141. The van der Waals surface area contributed by atoms with E-state index in [-0.39, 0.29) is 5.92 Å². The summed E-state index contributed by atoms with van der Waals surface area (Å²) < 4.78 is 9.90. The fourth-order valence-corrected chi connectivity index (χ4v) is 1.18. The number of aliphatic carboxylic acids is 1. The molecule has 1 rings (SSSR count). The van der Waals surface area contributed by atoms with E-state index in [0.29, 0.717) is 24.7 Å². The highest BCUT2D eigenvalue weighted by Crippen LogP contribution is 2.22. The molecule has 0 spiro atoms. The van der Waals surface area contributed by atoms with Gasteiger partial charge in [-0.3, -0.25) is 4.79 Å². The van der Waals surface area contributed by atoms with Gasteiger partial charge in [0.15, 0.2) is 5.82 Å². The lowest BCUT2D eigenvalue weighted by Gasteiger charge is -2.10. The van der Waals surface area contributed by atoms with Crippen molar-refractivity contribution in [2.24, 2.45) is 5.92 Å². The first-order valence-electron chi connectivity index (χ1n) is 5.10. The number of carboxylic acid groups (broad SMARTS) is 1. The van der Waals surface area contributed by atoms with Crippen molar-refractivity contribution in [1.82, 2.24) is 10.1 Å². The van der Waals surface area contributed by atoms with E-state index in [1.54, 1.807) is 21.0 Å². The number of aromatic nitrogens is 2. The van der Waals surface area contributed by atoms with Gasteiger partial charge < -0.3 is 14.4 Å². The Labute approximate surface area is 93.6 Å². The van der Waals surface area contributed by atoms with Gasteiger partial charge in [0.05, 0.1) is 12.5 Å². The van der Waals surface area contributed by atoms with Crippen molar-refractivity contribution in [2.45, 2.75) is 26.2 Å². The third-order valence-corrected chi connectivity index (χ3v) is 2.54. The minimum atomic E-state index is -0.871. The molecule has 0 fully saturated rings. The zero-order chi connectivity index (χ0) is 12.1. The first kappa shape index (κ1) is 12.6. The SMILES string of the molecule is COCCc1noc(C(C)C(C)C(=O)O)n1. The maximum atomic E-state index is 10.8. The van der Waals surface area contributed by atoms with Gasteiger partial charge in [-0.05, 0) is 0 Å². The largest absolute Gasteiger partial charge is 0.481 e. The summed E-state index contributed by atoms with van der Waals surface area (Å²) in [5.74, 6) is -0.802. The first-order chi connectivity index (χ1) is 7.56. The second-order valence-corrected chi connectivity index (χ2v) is 3.71. The summed E-state index contributed by atoms with van der Waals surface area (Å²) in [6.07, 6.45) is 0.564. The normalized spacial score (nSPS) is 14.7. The van der Waals surface area contributed by atoms with Crippen molar-refractivity contribution in [3.63, 3.8) is 0 Å². The van der Waals surface area contributed by atoms with Gasteiger partial charge in [0.1, 0.15) is 0 Å². The Balaban J connectivity index is 2.66. The van der Waals surface area contributed by atoms with Crippen LogP contribution in [-0.4, -0.2) is 34.9 Å². The molecule has 0 aliphatic carbocycles. The molecule has 90 valence electrons. The second-order valence-electron chi connectivity index (χ2n) is 3.71. The van der Waals surface area contributed by atoms with Crippen LogP contribution < -0.4 is 0 Å². The summed E-state index contributed by atoms with van der Waals surface area (Å²) in [7, 11) is 1.59. The lowest BCUT2D eigenvalue weighted by Crippen LogP contribution is -2.17. The van der Waals surface area contributed by atoms with Gasteiger partial charge in [0.2, 0.25) is 5.89 Å². The average Bonchev–Trinajstić information content (AvgIpc) is 2.72. The summed E-state index contributed by atoms with van der Waals surface area (Å²) in [6, 6.07) is 0. The van der Waals surface area contributed by atoms with Crippen LogP contribution in [0.5, 0.6) is 0 Å². The summed E-state index contributed by atoms with van der Waals surface area (Å²) >= 11 is 0. The Bertz CT molecular complexity index is 350. The van der Waals surface area contributed by atoms with E-state index in [4.69, 9.17) is 14.4 Å². The van der Waals surface area contributed by atoms with Gasteiger partial charge in [0, 0.05) is 19.4 Å². The molecule has 1 aromatic heterocycles. The van der Waals surface area contributed by atoms with E-state index >= 15 is 0 Å². The van der Waals surface area contributed by atoms with Gasteiger partial charge in [0.25, 0.3) is 0 Å². The standard InChI is InChI=1S/C10H16N2O4/c1-6(7(2)10(13)14)9-11-8(12-16-9)4-5-15-3/h6-7H,4-5H2,1-3H3,(H,13,14). The van der Waals surface area contributed by atoms with E-state index in [2.05, 4.69) is 10.1 Å². The number of ether oxygens (including phenoxy) is 1. The van der Waals surface area contributed by atoms with E-state index in [9.17, 15) is 4.79 Å². The van der Waals surface area contributed by atoms with Crippen LogP contribution in [0.25, 0.3) is 0 Å². The van der Waals surface area contributed by atoms with Crippen LogP contribution >= 0.6 is 0 Å². The minimum Gasteiger partial charge on any atom is -0.481 e. The molecule has 1 aromatic rings. The Morgan fingerprint density at radius 2 is 2.25 bits per heavy atom. The number of carbonyl (C=O) groups is 1. The molecule has 6 nitrogen and oxygen atoms in total. The zero-order valence-corrected chi connectivity index (χ0v) is 9.64. The molecular formula is C10H16N2O4. The Morgan fingerprint density at radius 1 is 1.56 bits per heavy atom. The molecule has 1 N–H and O–H groups in total. The predicted molar refractivity (Wildman–Crippen MR) is 55.1 cm³/mol. The smallest absolute Gasteiger partial charge is 0.307 e. The van der Waals surface area contributed by atoms with Crippen molar-refractivity contribution < 1.29 is 19.2 Å². The molecule has 2 unspecified atom stereocenters. The van der Waals surface area contributed by atoms with E-state index in [0.717, 1.165) is 0 Å². The number of methoxy groups -OCH3 is 1. The maximum absolute atomic E-state index is 10.8. The summed E-state index contributed by atoms with van der Waals surface area (Å²) in [4.78, 5) is 14.9. The molecule has 16 heavy (non-hydrogen) atoms. The molecular weight excluding hydrogens is 212 g/mol.